The molecule has 11 nitrogen and oxygen atoms in total. The number of halogens is 4. The fourth-order valence-corrected chi connectivity index (χ4v) is 5.51. The summed E-state index contributed by atoms with van der Waals surface area (Å²) in [5.41, 5.74) is 0.239. The predicted molar refractivity (Wildman–Crippen MR) is 185 cm³/mol. The maximum absolute atomic E-state index is 15.0. The maximum atomic E-state index is 15.0. The van der Waals surface area contributed by atoms with E-state index in [2.05, 4.69) is 39.1 Å². The molecule has 3 N–H and O–H groups in total. The highest BCUT2D eigenvalue weighted by Gasteiger charge is 2.24. The van der Waals surface area contributed by atoms with Crippen LogP contribution in [-0.2, 0) is 16.1 Å². The number of nitrogens with one attached hydrogen (secondary N) is 3. The lowest BCUT2D eigenvalue weighted by Crippen LogP contribution is -2.24. The molecule has 0 radical (unpaired) electrons. The number of aromatic nitrogens is 3. The summed E-state index contributed by atoms with van der Waals surface area (Å²) in [5, 5.41) is 8.10. The number of methoxy groups -OCH3 is 2. The number of hydrogen-bond acceptors (Lipinski definition) is 8. The second-order valence-electron chi connectivity index (χ2n) is 10.2. The topological polar surface area (TPSA) is 136 Å². The van der Waals surface area contributed by atoms with Crippen LogP contribution in [0.25, 0.3) is 22.2 Å². The van der Waals surface area contributed by atoms with E-state index in [-0.39, 0.29) is 56.5 Å². The Kier molecular flexibility index (Phi) is 10.3. The summed E-state index contributed by atoms with van der Waals surface area (Å²) in [5.74, 6) is -3.40. The average molecular weight is 708 g/mol. The van der Waals surface area contributed by atoms with Crippen LogP contribution in [-0.4, -0.2) is 40.6 Å². The highest BCUT2D eigenvalue weighted by atomic mass is 35.5. The van der Waals surface area contributed by atoms with E-state index in [0.29, 0.717) is 16.6 Å². The van der Waals surface area contributed by atoms with Crippen LogP contribution in [0.1, 0.15) is 5.56 Å². The lowest BCUT2D eigenvalue weighted by atomic mass is 10.0. The molecule has 0 bridgehead atoms. The molecule has 0 spiro atoms. The third kappa shape index (κ3) is 7.08. The summed E-state index contributed by atoms with van der Waals surface area (Å²) in [7, 11) is 2.80. The summed E-state index contributed by atoms with van der Waals surface area (Å²) >= 11 is 13.4. The van der Waals surface area contributed by atoms with Gasteiger partial charge in [-0.05, 0) is 48.0 Å². The van der Waals surface area contributed by atoms with Crippen LogP contribution >= 0.6 is 23.2 Å². The number of fused-ring (bicyclic) bond motifs is 1. The van der Waals surface area contributed by atoms with Gasteiger partial charge in [0.25, 0.3) is 5.56 Å². The van der Waals surface area contributed by atoms with Crippen molar-refractivity contribution in [1.29, 1.82) is 0 Å². The minimum atomic E-state index is -1.31. The number of carbonyl (C=O) groups is 2. The van der Waals surface area contributed by atoms with E-state index in [1.54, 1.807) is 24.3 Å². The average Bonchev–Trinajstić information content (AvgIpc) is 3.10. The van der Waals surface area contributed by atoms with Gasteiger partial charge in [-0.3, -0.25) is 19.0 Å². The lowest BCUT2D eigenvalue weighted by Gasteiger charge is -2.18. The first-order chi connectivity index (χ1) is 23.5. The minimum Gasteiger partial charge on any atom is -0.495 e. The Morgan fingerprint density at radius 3 is 2.18 bits per heavy atom. The normalized spacial score (nSPS) is 10.7. The van der Waals surface area contributed by atoms with E-state index in [4.69, 9.17) is 32.7 Å². The van der Waals surface area contributed by atoms with Gasteiger partial charge in [-0.15, -0.1) is 0 Å². The second-order valence-corrected chi connectivity index (χ2v) is 11.0. The van der Waals surface area contributed by atoms with E-state index in [0.717, 1.165) is 24.3 Å². The molecule has 0 aliphatic rings. The highest BCUT2D eigenvalue weighted by molar-refractivity contribution is 6.41. The summed E-state index contributed by atoms with van der Waals surface area (Å²) in [6, 6.07) is 11.6. The number of benzene rings is 3. The zero-order chi connectivity index (χ0) is 35.4. The first-order valence-electron chi connectivity index (χ1n) is 14.2. The highest BCUT2D eigenvalue weighted by Crippen LogP contribution is 2.45. The quantitative estimate of drug-likeness (QED) is 0.124. The van der Waals surface area contributed by atoms with Gasteiger partial charge in [0, 0.05) is 28.9 Å². The maximum Gasteiger partial charge on any atom is 0.260 e. The van der Waals surface area contributed by atoms with Gasteiger partial charge in [0.2, 0.25) is 17.8 Å². The Labute approximate surface area is 287 Å². The van der Waals surface area contributed by atoms with Gasteiger partial charge < -0.3 is 25.4 Å². The Bertz CT molecular complexity index is 2180. The number of hydrogen-bond donors (Lipinski definition) is 3. The number of amides is 2. The summed E-state index contributed by atoms with van der Waals surface area (Å²) in [4.78, 5) is 46.9. The molecule has 2 heterocycles. The molecule has 0 atom stereocenters. The van der Waals surface area contributed by atoms with Gasteiger partial charge in [0.1, 0.15) is 22.8 Å². The molecule has 5 aromatic rings. The van der Waals surface area contributed by atoms with Crippen LogP contribution < -0.4 is 31.0 Å². The fraction of sp³-hybridized carbons (Fsp3) is 0.0882. The monoisotopic (exact) mass is 706 g/mol. The zero-order valence-electron chi connectivity index (χ0n) is 25.9. The number of ether oxygens (including phenoxy) is 2. The van der Waals surface area contributed by atoms with Crippen LogP contribution in [0.15, 0.2) is 84.8 Å². The number of anilines is 4. The van der Waals surface area contributed by atoms with Gasteiger partial charge in [0.05, 0.1) is 42.1 Å². The van der Waals surface area contributed by atoms with Crippen molar-refractivity contribution in [3.63, 3.8) is 0 Å². The van der Waals surface area contributed by atoms with Crippen LogP contribution in [0, 0.1) is 11.6 Å². The largest absolute Gasteiger partial charge is 0.495 e. The number of rotatable bonds is 11. The minimum absolute atomic E-state index is 0.0495. The molecule has 49 heavy (non-hydrogen) atoms. The van der Waals surface area contributed by atoms with E-state index in [9.17, 15) is 18.8 Å². The number of pyridine rings is 1. The van der Waals surface area contributed by atoms with Crippen molar-refractivity contribution in [2.45, 2.75) is 6.54 Å². The number of nitrogens with zero attached hydrogens (tertiary/aromatic N) is 3. The Balaban J connectivity index is 1.71. The fourth-order valence-electron chi connectivity index (χ4n) is 4.81. The van der Waals surface area contributed by atoms with Crippen molar-refractivity contribution in [3.8, 4) is 22.6 Å². The summed E-state index contributed by atoms with van der Waals surface area (Å²) < 4.78 is 41.4. The molecule has 2 amide bonds. The third-order valence-corrected chi connectivity index (χ3v) is 7.94. The molecule has 2 aromatic heterocycles. The molecule has 0 aliphatic carbocycles. The standard InChI is InChI=1S/C34H26Cl2F2N6O5/c1-5-25(45)40-19-9-7-17(8-10-19)16-44-32-18(13-20(33(44)47)27-28(35)23(48-3)14-24(49-4)29(27)36)15-39-34(43-32)42-31-22(41-26(46)6-2)12-11-21(37)30(31)38/h5-15H,1-2,16H2,3-4H3,(H,40,45)(H,41,46)(H,39,42,43). The summed E-state index contributed by atoms with van der Waals surface area (Å²) in [6.07, 6.45) is 3.45. The lowest BCUT2D eigenvalue weighted by molar-refractivity contribution is -0.112. The molecule has 0 saturated carbocycles. The Hall–Kier alpha value is -5.79. The molecule has 3 aromatic carbocycles. The first-order valence-corrected chi connectivity index (χ1v) is 15.0. The van der Waals surface area contributed by atoms with E-state index >= 15 is 4.39 Å². The molecule has 250 valence electrons. The number of carbonyl (C=O) groups excluding carboxylic acids is 2. The van der Waals surface area contributed by atoms with Crippen molar-refractivity contribution in [2.75, 3.05) is 30.2 Å². The molecule has 0 fully saturated rings. The van der Waals surface area contributed by atoms with Crippen molar-refractivity contribution in [2.24, 2.45) is 0 Å². The molecular weight excluding hydrogens is 681 g/mol. The molecule has 5 rings (SSSR count). The van der Waals surface area contributed by atoms with Gasteiger partial charge >= 0.3 is 0 Å². The SMILES string of the molecule is C=CC(=O)Nc1ccc(Cn2c(=O)c(-c3c(Cl)c(OC)cc(OC)c3Cl)cc3cnc(Nc4c(NC(=O)C=C)ccc(F)c4F)nc32)cc1. The van der Waals surface area contributed by atoms with Crippen molar-refractivity contribution in [3.05, 3.63) is 118 Å². The van der Waals surface area contributed by atoms with Crippen molar-refractivity contribution >= 4 is 69.1 Å². The Morgan fingerprint density at radius 1 is 0.939 bits per heavy atom. The van der Waals surface area contributed by atoms with Crippen LogP contribution in [0.2, 0.25) is 10.0 Å². The van der Waals surface area contributed by atoms with Crippen molar-refractivity contribution in [1.82, 2.24) is 14.5 Å². The molecule has 0 aliphatic heterocycles. The van der Waals surface area contributed by atoms with Gasteiger partial charge in [-0.25, -0.2) is 13.8 Å². The van der Waals surface area contributed by atoms with Crippen LogP contribution in [0.4, 0.5) is 31.8 Å². The molecule has 0 saturated heterocycles. The zero-order valence-corrected chi connectivity index (χ0v) is 27.4. The van der Waals surface area contributed by atoms with Crippen LogP contribution in [0.5, 0.6) is 11.5 Å². The molecule has 0 unspecified atom stereocenters. The van der Waals surface area contributed by atoms with Crippen molar-refractivity contribution < 1.29 is 27.8 Å². The summed E-state index contributed by atoms with van der Waals surface area (Å²) in [6.45, 7) is 6.75. The van der Waals surface area contributed by atoms with E-state index in [1.165, 1.54) is 37.1 Å². The smallest absolute Gasteiger partial charge is 0.260 e. The van der Waals surface area contributed by atoms with Gasteiger partial charge in [-0.1, -0.05) is 48.5 Å². The van der Waals surface area contributed by atoms with Gasteiger partial charge in [0.15, 0.2) is 11.6 Å². The predicted octanol–water partition coefficient (Wildman–Crippen LogP) is 7.10. The van der Waals surface area contributed by atoms with E-state index < -0.39 is 34.7 Å². The first kappa shape index (κ1) is 34.5. The van der Waals surface area contributed by atoms with E-state index in [1.807, 2.05) is 0 Å². The second kappa shape index (κ2) is 14.5. The molecular formula is C34H26Cl2F2N6O5. The van der Waals surface area contributed by atoms with Gasteiger partial charge in [-0.2, -0.15) is 4.98 Å². The molecule has 15 heteroatoms. The third-order valence-electron chi connectivity index (χ3n) is 7.19. The van der Waals surface area contributed by atoms with Crippen LogP contribution in [0.3, 0.4) is 0 Å². The Morgan fingerprint density at radius 2 is 1.57 bits per heavy atom.